The summed E-state index contributed by atoms with van der Waals surface area (Å²) in [5.74, 6) is 1.53. The Morgan fingerprint density at radius 1 is 0.526 bits per heavy atom. The van der Waals surface area contributed by atoms with Crippen LogP contribution >= 0.6 is 0 Å². The summed E-state index contributed by atoms with van der Waals surface area (Å²) in [7, 11) is 0. The molecule has 0 aliphatic carbocycles. The second-order valence-corrected chi connectivity index (χ2v) is 11.8. The lowest BCUT2D eigenvalue weighted by Crippen LogP contribution is -2.37. The molecule has 2 nitrogen and oxygen atoms in total. The predicted molar refractivity (Wildman–Crippen MR) is 167 cm³/mol. The minimum absolute atomic E-state index is 0.998. The summed E-state index contributed by atoms with van der Waals surface area (Å²) in [6, 6.07) is 11.0. The maximum Gasteiger partial charge on any atom is 0.256 e. The van der Waals surface area contributed by atoms with Gasteiger partial charge in [0, 0.05) is 6.42 Å². The van der Waals surface area contributed by atoms with Crippen LogP contribution in [0.5, 0.6) is 0 Å². The third kappa shape index (κ3) is 15.7. The SMILES string of the molecule is CCCCCCCCCCCCCCCCCCn1cc[n+](Cc2ccccc2)c1CCCCCCCC. The second kappa shape index (κ2) is 23.3. The zero-order valence-electron chi connectivity index (χ0n) is 25.6. The van der Waals surface area contributed by atoms with Crippen molar-refractivity contribution in [2.24, 2.45) is 0 Å². The molecular formula is C36H63N2+. The summed E-state index contributed by atoms with van der Waals surface area (Å²) < 4.78 is 5.08. The highest BCUT2D eigenvalue weighted by molar-refractivity contribution is 5.13. The van der Waals surface area contributed by atoms with E-state index in [1.165, 1.54) is 166 Å². The van der Waals surface area contributed by atoms with E-state index in [-0.39, 0.29) is 0 Å². The number of aryl methyl sites for hydroxylation is 1. The number of hydrogen-bond acceptors (Lipinski definition) is 0. The topological polar surface area (TPSA) is 8.81 Å². The van der Waals surface area contributed by atoms with Crippen LogP contribution < -0.4 is 4.57 Å². The minimum Gasteiger partial charge on any atom is -0.234 e. The van der Waals surface area contributed by atoms with E-state index in [0.29, 0.717) is 0 Å². The van der Waals surface area contributed by atoms with E-state index in [9.17, 15) is 0 Å². The molecule has 0 aliphatic rings. The van der Waals surface area contributed by atoms with Gasteiger partial charge in [0.2, 0.25) is 0 Å². The Labute approximate surface area is 237 Å². The molecule has 2 rings (SSSR count). The van der Waals surface area contributed by atoms with Gasteiger partial charge in [-0.1, -0.05) is 166 Å². The molecular weight excluding hydrogens is 460 g/mol. The van der Waals surface area contributed by atoms with Gasteiger partial charge in [-0.25, -0.2) is 9.13 Å². The van der Waals surface area contributed by atoms with Gasteiger partial charge < -0.3 is 0 Å². The number of aromatic nitrogens is 2. The smallest absolute Gasteiger partial charge is 0.234 e. The van der Waals surface area contributed by atoms with Crippen LogP contribution in [0.2, 0.25) is 0 Å². The van der Waals surface area contributed by atoms with Crippen molar-refractivity contribution in [2.75, 3.05) is 0 Å². The molecule has 0 spiro atoms. The lowest BCUT2D eigenvalue weighted by molar-refractivity contribution is -0.695. The lowest BCUT2D eigenvalue weighted by atomic mass is 10.0. The molecule has 0 saturated carbocycles. The van der Waals surface area contributed by atoms with Crippen LogP contribution in [0.3, 0.4) is 0 Å². The Kier molecular flexibility index (Phi) is 20.0. The van der Waals surface area contributed by atoms with Gasteiger partial charge >= 0.3 is 0 Å². The standard InChI is InChI=1S/C36H63N2/c1-3-5-7-9-11-12-13-14-15-16-17-18-19-20-22-27-31-37-32-33-38(34-35-28-24-23-25-29-35)36(37)30-26-21-10-8-6-4-2/h23-25,28-29,32-33H,3-22,26-27,30-31,34H2,1-2H3/q+1. The van der Waals surface area contributed by atoms with Crippen LogP contribution in [0.1, 0.15) is 166 Å². The molecule has 0 bridgehead atoms. The normalized spacial score (nSPS) is 11.4. The summed E-state index contributed by atoms with van der Waals surface area (Å²) in [5, 5.41) is 0. The van der Waals surface area contributed by atoms with E-state index in [1.54, 1.807) is 0 Å². The fourth-order valence-corrected chi connectivity index (χ4v) is 5.81. The summed E-state index contributed by atoms with van der Waals surface area (Å²) in [6.07, 6.45) is 37.1. The van der Waals surface area contributed by atoms with Crippen LogP contribution in [0.25, 0.3) is 0 Å². The molecule has 0 amide bonds. The Morgan fingerprint density at radius 2 is 0.974 bits per heavy atom. The van der Waals surface area contributed by atoms with E-state index < -0.39 is 0 Å². The average Bonchev–Trinajstić information content (AvgIpc) is 3.31. The summed E-state index contributed by atoms with van der Waals surface area (Å²) in [6.45, 7) is 6.79. The maximum absolute atomic E-state index is 2.57. The van der Waals surface area contributed by atoms with Crippen molar-refractivity contribution in [3.8, 4) is 0 Å². The number of unbranched alkanes of at least 4 members (excludes halogenated alkanes) is 20. The molecule has 2 heteroatoms. The molecule has 1 aromatic carbocycles. The highest BCUT2D eigenvalue weighted by atomic mass is 15.1. The van der Waals surface area contributed by atoms with Crippen molar-refractivity contribution in [3.05, 3.63) is 54.1 Å². The van der Waals surface area contributed by atoms with Crippen LogP contribution in [0.4, 0.5) is 0 Å². The summed E-state index contributed by atoms with van der Waals surface area (Å²) in [4.78, 5) is 0. The molecule has 1 aromatic heterocycles. The largest absolute Gasteiger partial charge is 0.256 e. The second-order valence-electron chi connectivity index (χ2n) is 11.8. The Balaban J connectivity index is 1.58. The molecule has 1 heterocycles. The number of hydrogen-bond donors (Lipinski definition) is 0. The van der Waals surface area contributed by atoms with Crippen molar-refractivity contribution >= 4 is 0 Å². The molecule has 2 aromatic rings. The van der Waals surface area contributed by atoms with Gasteiger partial charge in [0.15, 0.2) is 0 Å². The highest BCUT2D eigenvalue weighted by Crippen LogP contribution is 2.15. The van der Waals surface area contributed by atoms with Gasteiger partial charge in [-0.3, -0.25) is 0 Å². The van der Waals surface area contributed by atoms with E-state index >= 15 is 0 Å². The predicted octanol–water partition coefficient (Wildman–Crippen LogP) is 11.0. The van der Waals surface area contributed by atoms with Crippen molar-refractivity contribution in [1.29, 1.82) is 0 Å². The lowest BCUT2D eigenvalue weighted by Gasteiger charge is -2.07. The number of nitrogens with zero attached hydrogens (tertiary/aromatic N) is 2. The summed E-state index contributed by atoms with van der Waals surface area (Å²) >= 11 is 0. The highest BCUT2D eigenvalue weighted by Gasteiger charge is 2.17. The zero-order chi connectivity index (χ0) is 26.9. The van der Waals surface area contributed by atoms with E-state index in [4.69, 9.17) is 0 Å². The summed E-state index contributed by atoms with van der Waals surface area (Å²) in [5.41, 5.74) is 1.40. The monoisotopic (exact) mass is 523 g/mol. The first-order valence-corrected chi connectivity index (χ1v) is 17.0. The van der Waals surface area contributed by atoms with E-state index in [1.807, 2.05) is 0 Å². The third-order valence-electron chi connectivity index (χ3n) is 8.29. The van der Waals surface area contributed by atoms with Crippen LogP contribution in [-0.4, -0.2) is 4.57 Å². The van der Waals surface area contributed by atoms with Crippen LogP contribution in [0.15, 0.2) is 42.7 Å². The quantitative estimate of drug-likeness (QED) is 0.0856. The molecule has 0 unspecified atom stereocenters. The number of imidazole rings is 1. The molecule has 216 valence electrons. The van der Waals surface area contributed by atoms with E-state index in [2.05, 4.69) is 65.7 Å². The first-order chi connectivity index (χ1) is 18.8. The van der Waals surface area contributed by atoms with Gasteiger partial charge in [-0.2, -0.15) is 0 Å². The first kappa shape index (κ1) is 32.6. The number of benzene rings is 1. The van der Waals surface area contributed by atoms with Gasteiger partial charge in [0.05, 0.1) is 6.54 Å². The average molecular weight is 524 g/mol. The van der Waals surface area contributed by atoms with Crippen LogP contribution in [0, 0.1) is 0 Å². The zero-order valence-corrected chi connectivity index (χ0v) is 25.6. The van der Waals surface area contributed by atoms with Gasteiger partial charge in [0.1, 0.15) is 18.9 Å². The molecule has 0 atom stereocenters. The third-order valence-corrected chi connectivity index (χ3v) is 8.29. The Hall–Kier alpha value is -1.57. The van der Waals surface area contributed by atoms with Gasteiger partial charge in [-0.05, 0) is 24.8 Å². The fraction of sp³-hybridized carbons (Fsp3) is 0.750. The number of rotatable bonds is 26. The maximum atomic E-state index is 2.57. The van der Waals surface area contributed by atoms with Crippen molar-refractivity contribution < 1.29 is 4.57 Å². The van der Waals surface area contributed by atoms with Crippen molar-refractivity contribution in [1.82, 2.24) is 4.57 Å². The van der Waals surface area contributed by atoms with Gasteiger partial charge in [-0.15, -0.1) is 0 Å². The minimum atomic E-state index is 0.998. The molecule has 0 radical (unpaired) electrons. The van der Waals surface area contributed by atoms with Crippen molar-refractivity contribution in [2.45, 2.75) is 175 Å². The van der Waals surface area contributed by atoms with Gasteiger partial charge in [0.25, 0.3) is 5.82 Å². The molecule has 0 N–H and O–H groups in total. The Morgan fingerprint density at radius 3 is 1.47 bits per heavy atom. The molecule has 0 fully saturated rings. The van der Waals surface area contributed by atoms with Crippen LogP contribution in [-0.2, 0) is 19.5 Å². The molecule has 0 aliphatic heterocycles. The molecule has 38 heavy (non-hydrogen) atoms. The Bertz CT molecular complexity index is 763. The van der Waals surface area contributed by atoms with E-state index in [0.717, 1.165) is 6.54 Å². The first-order valence-electron chi connectivity index (χ1n) is 17.0. The van der Waals surface area contributed by atoms with Crippen molar-refractivity contribution in [3.63, 3.8) is 0 Å². The molecule has 0 saturated heterocycles. The fourth-order valence-electron chi connectivity index (χ4n) is 5.81.